The zero-order chi connectivity index (χ0) is 12.6. The Morgan fingerprint density at radius 3 is 2.56 bits per heavy atom. The number of rotatable bonds is 8. The molecule has 0 saturated carbocycles. The summed E-state index contributed by atoms with van der Waals surface area (Å²) in [4.78, 5) is 21.8. The van der Waals surface area contributed by atoms with E-state index in [0.29, 0.717) is 13.0 Å². The van der Waals surface area contributed by atoms with Gasteiger partial charge in [-0.05, 0) is 6.42 Å². The largest absolute Gasteiger partial charge is 0.481 e. The second kappa shape index (κ2) is 8.06. The van der Waals surface area contributed by atoms with Gasteiger partial charge in [0.25, 0.3) is 0 Å². The molecule has 94 valence electrons. The molecule has 4 N–H and O–H groups in total. The summed E-state index contributed by atoms with van der Waals surface area (Å²) in [5.41, 5.74) is 5.37. The highest BCUT2D eigenvalue weighted by atomic mass is 16.5. The minimum absolute atomic E-state index is 0.171. The predicted molar refractivity (Wildman–Crippen MR) is 58.9 cm³/mol. The molecule has 16 heavy (non-hydrogen) atoms. The molecule has 0 aliphatic carbocycles. The Kier molecular flexibility index (Phi) is 7.49. The summed E-state index contributed by atoms with van der Waals surface area (Å²) < 4.78 is 4.96. The summed E-state index contributed by atoms with van der Waals surface area (Å²) >= 11 is 0. The van der Waals surface area contributed by atoms with Crippen LogP contribution in [0.2, 0.25) is 0 Å². The molecule has 0 rings (SSSR count). The first-order chi connectivity index (χ1) is 7.51. The Morgan fingerprint density at radius 2 is 2.12 bits per heavy atom. The van der Waals surface area contributed by atoms with Crippen LogP contribution in [0.1, 0.15) is 19.8 Å². The van der Waals surface area contributed by atoms with E-state index in [2.05, 4.69) is 5.32 Å². The Balaban J connectivity index is 3.69. The van der Waals surface area contributed by atoms with Crippen LogP contribution in [0.4, 0.5) is 0 Å². The van der Waals surface area contributed by atoms with Gasteiger partial charge in [0.05, 0.1) is 18.4 Å². The fourth-order valence-electron chi connectivity index (χ4n) is 1.09. The van der Waals surface area contributed by atoms with E-state index >= 15 is 0 Å². The van der Waals surface area contributed by atoms with E-state index in [4.69, 9.17) is 15.6 Å². The summed E-state index contributed by atoms with van der Waals surface area (Å²) in [5.74, 6) is -1.48. The van der Waals surface area contributed by atoms with Gasteiger partial charge in [-0.25, -0.2) is 0 Å². The quantitative estimate of drug-likeness (QED) is 0.527. The first-order valence-corrected chi connectivity index (χ1v) is 5.23. The number of nitrogens with two attached hydrogens (primary N) is 1. The standard InChI is InChI=1S/C10H20N2O4/c1-7(10(14)15)3-4-12-9(13)5-8(6-11)16-2/h7-8H,3-6,11H2,1-2H3,(H,12,13)(H,14,15). The number of aliphatic carboxylic acids is 1. The van der Waals surface area contributed by atoms with E-state index in [9.17, 15) is 9.59 Å². The van der Waals surface area contributed by atoms with E-state index in [0.717, 1.165) is 0 Å². The van der Waals surface area contributed by atoms with Crippen molar-refractivity contribution < 1.29 is 19.4 Å². The Bertz CT molecular complexity index is 229. The maximum Gasteiger partial charge on any atom is 0.306 e. The van der Waals surface area contributed by atoms with Gasteiger partial charge in [0.2, 0.25) is 5.91 Å². The summed E-state index contributed by atoms with van der Waals surface area (Å²) in [6.45, 7) is 2.25. The first-order valence-electron chi connectivity index (χ1n) is 5.23. The zero-order valence-corrected chi connectivity index (χ0v) is 9.73. The van der Waals surface area contributed by atoms with Crippen LogP contribution < -0.4 is 11.1 Å². The van der Waals surface area contributed by atoms with Crippen LogP contribution in [-0.2, 0) is 14.3 Å². The molecular weight excluding hydrogens is 212 g/mol. The van der Waals surface area contributed by atoms with Crippen molar-refractivity contribution in [1.82, 2.24) is 5.32 Å². The average Bonchev–Trinajstić information content (AvgIpc) is 2.25. The van der Waals surface area contributed by atoms with Crippen molar-refractivity contribution in [1.29, 1.82) is 0 Å². The van der Waals surface area contributed by atoms with Crippen LogP contribution in [0.25, 0.3) is 0 Å². The second-order valence-corrected chi connectivity index (χ2v) is 3.68. The van der Waals surface area contributed by atoms with Crippen LogP contribution in [0.3, 0.4) is 0 Å². The molecule has 0 fully saturated rings. The molecular formula is C10H20N2O4. The van der Waals surface area contributed by atoms with Gasteiger partial charge < -0.3 is 20.9 Å². The van der Waals surface area contributed by atoms with Crippen molar-refractivity contribution in [2.75, 3.05) is 20.2 Å². The lowest BCUT2D eigenvalue weighted by Crippen LogP contribution is -2.33. The maximum absolute atomic E-state index is 11.3. The third-order valence-electron chi connectivity index (χ3n) is 2.33. The number of amides is 1. The highest BCUT2D eigenvalue weighted by molar-refractivity contribution is 5.76. The van der Waals surface area contributed by atoms with Gasteiger partial charge in [-0.1, -0.05) is 6.92 Å². The molecule has 0 heterocycles. The summed E-state index contributed by atoms with van der Waals surface area (Å²) in [6.07, 6.45) is 0.340. The topological polar surface area (TPSA) is 102 Å². The molecule has 0 aromatic rings. The van der Waals surface area contributed by atoms with Crippen molar-refractivity contribution in [2.24, 2.45) is 11.7 Å². The van der Waals surface area contributed by atoms with Crippen molar-refractivity contribution in [3.63, 3.8) is 0 Å². The normalized spacial score (nSPS) is 14.2. The highest BCUT2D eigenvalue weighted by Crippen LogP contribution is 2.00. The number of nitrogens with one attached hydrogen (secondary N) is 1. The second-order valence-electron chi connectivity index (χ2n) is 3.68. The predicted octanol–water partition coefficient (Wildman–Crippen LogP) is -0.423. The van der Waals surface area contributed by atoms with E-state index in [1.165, 1.54) is 7.11 Å². The van der Waals surface area contributed by atoms with Gasteiger partial charge in [0, 0.05) is 20.2 Å². The van der Waals surface area contributed by atoms with Crippen molar-refractivity contribution >= 4 is 11.9 Å². The number of carbonyl (C=O) groups is 2. The first kappa shape index (κ1) is 14.9. The minimum atomic E-state index is -0.856. The Labute approximate surface area is 95.1 Å². The molecule has 0 spiro atoms. The molecule has 0 saturated heterocycles. The summed E-state index contributed by atoms with van der Waals surface area (Å²) in [6, 6.07) is 0. The monoisotopic (exact) mass is 232 g/mol. The average molecular weight is 232 g/mol. The molecule has 6 heteroatoms. The van der Waals surface area contributed by atoms with Gasteiger partial charge in [-0.15, -0.1) is 0 Å². The van der Waals surface area contributed by atoms with Gasteiger partial charge in [0.1, 0.15) is 0 Å². The highest BCUT2D eigenvalue weighted by Gasteiger charge is 2.13. The Morgan fingerprint density at radius 1 is 1.50 bits per heavy atom. The van der Waals surface area contributed by atoms with Crippen LogP contribution in [0, 0.1) is 5.92 Å². The van der Waals surface area contributed by atoms with Crippen molar-refractivity contribution in [3.8, 4) is 0 Å². The lowest BCUT2D eigenvalue weighted by Gasteiger charge is -2.13. The third-order valence-corrected chi connectivity index (χ3v) is 2.33. The van der Waals surface area contributed by atoms with E-state index in [1.807, 2.05) is 0 Å². The molecule has 0 aliphatic heterocycles. The lowest BCUT2D eigenvalue weighted by molar-refractivity contribution is -0.141. The van der Waals surface area contributed by atoms with Crippen LogP contribution >= 0.6 is 0 Å². The van der Waals surface area contributed by atoms with Crippen LogP contribution in [0.15, 0.2) is 0 Å². The molecule has 2 unspecified atom stereocenters. The molecule has 2 atom stereocenters. The zero-order valence-electron chi connectivity index (χ0n) is 9.73. The smallest absolute Gasteiger partial charge is 0.306 e. The van der Waals surface area contributed by atoms with E-state index in [-0.39, 0.29) is 25.0 Å². The van der Waals surface area contributed by atoms with Crippen molar-refractivity contribution in [2.45, 2.75) is 25.9 Å². The van der Waals surface area contributed by atoms with Gasteiger partial charge in [-0.2, -0.15) is 0 Å². The molecule has 0 aromatic heterocycles. The lowest BCUT2D eigenvalue weighted by atomic mass is 10.1. The number of carboxylic acids is 1. The molecule has 1 amide bonds. The fourth-order valence-corrected chi connectivity index (χ4v) is 1.09. The molecule has 0 radical (unpaired) electrons. The fraction of sp³-hybridized carbons (Fsp3) is 0.800. The van der Waals surface area contributed by atoms with Crippen LogP contribution in [-0.4, -0.2) is 43.3 Å². The number of carbonyl (C=O) groups excluding carboxylic acids is 1. The Hall–Kier alpha value is -1.14. The summed E-state index contributed by atoms with van der Waals surface area (Å²) in [5, 5.41) is 11.2. The molecule has 0 aliphatic rings. The summed E-state index contributed by atoms with van der Waals surface area (Å²) in [7, 11) is 1.50. The maximum atomic E-state index is 11.3. The van der Waals surface area contributed by atoms with E-state index in [1.54, 1.807) is 6.92 Å². The SMILES string of the molecule is COC(CN)CC(=O)NCCC(C)C(=O)O. The van der Waals surface area contributed by atoms with Crippen LogP contribution in [0.5, 0.6) is 0 Å². The van der Waals surface area contributed by atoms with Gasteiger partial charge >= 0.3 is 5.97 Å². The van der Waals surface area contributed by atoms with Gasteiger partial charge in [0.15, 0.2) is 0 Å². The number of hydrogen-bond donors (Lipinski definition) is 3. The number of ether oxygens (including phenoxy) is 1. The number of hydrogen-bond acceptors (Lipinski definition) is 4. The number of carboxylic acid groups (broad SMARTS) is 1. The number of methoxy groups -OCH3 is 1. The van der Waals surface area contributed by atoms with Gasteiger partial charge in [-0.3, -0.25) is 9.59 Å². The molecule has 0 bridgehead atoms. The minimum Gasteiger partial charge on any atom is -0.481 e. The van der Waals surface area contributed by atoms with Crippen molar-refractivity contribution in [3.05, 3.63) is 0 Å². The molecule has 6 nitrogen and oxygen atoms in total. The van der Waals surface area contributed by atoms with E-state index < -0.39 is 11.9 Å². The third kappa shape index (κ3) is 6.36. The molecule has 0 aromatic carbocycles.